The fourth-order valence-corrected chi connectivity index (χ4v) is 3.13. The molecular weight excluding hydrogens is 370 g/mol. The van der Waals surface area contributed by atoms with Gasteiger partial charge in [0.05, 0.1) is 19.2 Å². The van der Waals surface area contributed by atoms with E-state index in [9.17, 15) is 4.79 Å². The van der Waals surface area contributed by atoms with Crippen molar-refractivity contribution in [2.24, 2.45) is 0 Å². The maximum absolute atomic E-state index is 11.9. The zero-order valence-corrected chi connectivity index (χ0v) is 15.4. The third kappa shape index (κ3) is 2.89. The van der Waals surface area contributed by atoms with E-state index in [1.54, 1.807) is 9.20 Å². The predicted octanol–water partition coefficient (Wildman–Crippen LogP) is 2.24. The third-order valence-electron chi connectivity index (χ3n) is 4.51. The molecule has 5 rings (SSSR count). The number of benzene rings is 2. The molecule has 0 aliphatic carbocycles. The highest BCUT2D eigenvalue weighted by Gasteiger charge is 2.21. The van der Waals surface area contributed by atoms with Gasteiger partial charge in [0.2, 0.25) is 0 Å². The number of aromatic nitrogens is 7. The third-order valence-corrected chi connectivity index (χ3v) is 4.51. The Labute approximate surface area is 164 Å². The Morgan fingerprint density at radius 2 is 1.69 bits per heavy atom. The van der Waals surface area contributed by atoms with E-state index < -0.39 is 5.97 Å². The number of ether oxygens (including phenoxy) is 1. The van der Waals surface area contributed by atoms with Crippen molar-refractivity contribution >= 4 is 22.9 Å². The van der Waals surface area contributed by atoms with Gasteiger partial charge in [-0.2, -0.15) is 14.6 Å². The summed E-state index contributed by atoms with van der Waals surface area (Å²) >= 11 is 0. The van der Waals surface area contributed by atoms with Crippen LogP contribution >= 0.6 is 0 Å². The Hall–Kier alpha value is -4.14. The van der Waals surface area contributed by atoms with Crippen molar-refractivity contribution in [1.29, 1.82) is 0 Å². The highest BCUT2D eigenvalue weighted by atomic mass is 16.5. The lowest BCUT2D eigenvalue weighted by molar-refractivity contribution is -0.139. The molecule has 0 spiro atoms. The molecule has 0 aliphatic rings. The largest absolute Gasteiger partial charge is 0.469 e. The van der Waals surface area contributed by atoms with Crippen molar-refractivity contribution in [2.45, 2.75) is 6.42 Å². The Kier molecular flexibility index (Phi) is 3.98. The minimum atomic E-state index is -0.407. The monoisotopic (exact) mass is 385 g/mol. The quantitative estimate of drug-likeness (QED) is 0.437. The topological polar surface area (TPSA) is 100 Å². The van der Waals surface area contributed by atoms with E-state index in [4.69, 9.17) is 4.74 Å². The first kappa shape index (κ1) is 17.0. The summed E-state index contributed by atoms with van der Waals surface area (Å²) < 4.78 is 8.09. The summed E-state index contributed by atoms with van der Waals surface area (Å²) in [6, 6.07) is 19.2. The second-order valence-electron chi connectivity index (χ2n) is 6.33. The van der Waals surface area contributed by atoms with Crippen LogP contribution in [0.1, 0.15) is 5.69 Å². The van der Waals surface area contributed by atoms with Crippen LogP contribution < -0.4 is 0 Å². The zero-order chi connectivity index (χ0) is 19.8. The van der Waals surface area contributed by atoms with Crippen molar-refractivity contribution < 1.29 is 9.53 Å². The van der Waals surface area contributed by atoms with E-state index >= 15 is 0 Å². The van der Waals surface area contributed by atoms with Crippen molar-refractivity contribution in [2.75, 3.05) is 7.11 Å². The molecule has 9 heteroatoms. The molecule has 29 heavy (non-hydrogen) atoms. The average Bonchev–Trinajstić information content (AvgIpc) is 3.36. The van der Waals surface area contributed by atoms with E-state index in [2.05, 4.69) is 25.4 Å². The van der Waals surface area contributed by atoms with Gasteiger partial charge in [0.25, 0.3) is 5.78 Å². The van der Waals surface area contributed by atoms with E-state index in [-0.39, 0.29) is 6.42 Å². The van der Waals surface area contributed by atoms with Gasteiger partial charge in [-0.05, 0) is 12.1 Å². The van der Waals surface area contributed by atoms with Gasteiger partial charge in [0.15, 0.2) is 17.0 Å². The second-order valence-corrected chi connectivity index (χ2v) is 6.33. The standard InChI is InChI=1S/C20H15N7O2/c1-29-16(28)12-15-17-19(26(24-15)14-10-6-3-7-11-14)27-20(23-22-17)21-18(25-27)13-8-4-2-5-9-13/h2-11H,12H2,1H3. The molecule has 0 fully saturated rings. The van der Waals surface area contributed by atoms with Crippen LogP contribution in [0.4, 0.5) is 0 Å². The Balaban J connectivity index is 1.79. The van der Waals surface area contributed by atoms with Gasteiger partial charge >= 0.3 is 5.97 Å². The summed E-state index contributed by atoms with van der Waals surface area (Å²) in [5.74, 6) is 0.468. The van der Waals surface area contributed by atoms with Gasteiger partial charge in [-0.1, -0.05) is 48.5 Å². The zero-order valence-electron chi connectivity index (χ0n) is 15.4. The van der Waals surface area contributed by atoms with Crippen molar-refractivity contribution in [3.05, 3.63) is 66.4 Å². The van der Waals surface area contributed by atoms with Gasteiger partial charge in [-0.25, -0.2) is 4.68 Å². The number of methoxy groups -OCH3 is 1. The number of esters is 1. The molecule has 142 valence electrons. The Morgan fingerprint density at radius 1 is 0.966 bits per heavy atom. The molecule has 9 nitrogen and oxygen atoms in total. The van der Waals surface area contributed by atoms with Crippen LogP contribution in [0.2, 0.25) is 0 Å². The maximum atomic E-state index is 11.9. The normalized spacial score (nSPS) is 11.2. The molecule has 0 saturated heterocycles. The van der Waals surface area contributed by atoms with Gasteiger partial charge < -0.3 is 4.74 Å². The van der Waals surface area contributed by atoms with Crippen LogP contribution in [0.15, 0.2) is 60.7 Å². The lowest BCUT2D eigenvalue weighted by atomic mass is 10.2. The number of hydrogen-bond acceptors (Lipinski definition) is 7. The molecule has 0 radical (unpaired) electrons. The number of nitrogens with zero attached hydrogens (tertiary/aromatic N) is 7. The van der Waals surface area contributed by atoms with Crippen molar-refractivity contribution in [1.82, 2.24) is 34.6 Å². The SMILES string of the molecule is COC(=O)Cc1nn(-c2ccccc2)c2c1nnc1nc(-c3ccccc3)nn12. The fourth-order valence-electron chi connectivity index (χ4n) is 3.13. The first-order chi connectivity index (χ1) is 14.2. The average molecular weight is 385 g/mol. The number of carbonyl (C=O) groups excluding carboxylic acids is 1. The van der Waals surface area contributed by atoms with E-state index in [1.165, 1.54) is 7.11 Å². The Bertz CT molecular complexity index is 1330. The predicted molar refractivity (Wildman–Crippen MR) is 104 cm³/mol. The molecule has 5 aromatic rings. The second kappa shape index (κ2) is 6.79. The highest BCUT2D eigenvalue weighted by molar-refractivity contribution is 5.82. The summed E-state index contributed by atoms with van der Waals surface area (Å²) in [5, 5.41) is 17.7. The lowest BCUT2D eigenvalue weighted by Crippen LogP contribution is -2.06. The minimum absolute atomic E-state index is 0.0206. The summed E-state index contributed by atoms with van der Waals surface area (Å²) in [7, 11) is 1.34. The molecular formula is C20H15N7O2. The molecule has 3 aromatic heterocycles. The van der Waals surface area contributed by atoms with Gasteiger partial charge in [0.1, 0.15) is 5.69 Å². The van der Waals surface area contributed by atoms with Crippen LogP contribution in [0.5, 0.6) is 0 Å². The van der Waals surface area contributed by atoms with Crippen molar-refractivity contribution in [3.8, 4) is 17.1 Å². The molecule has 0 aliphatic heterocycles. The summed E-state index contributed by atoms with van der Waals surface area (Å²) in [5.41, 5.74) is 3.18. The van der Waals surface area contributed by atoms with Gasteiger partial charge in [0, 0.05) is 5.56 Å². The smallest absolute Gasteiger partial charge is 0.311 e. The summed E-state index contributed by atoms with van der Waals surface area (Å²) in [6.07, 6.45) is -0.0206. The van der Waals surface area contributed by atoms with Crippen molar-refractivity contribution in [3.63, 3.8) is 0 Å². The van der Waals surface area contributed by atoms with E-state index in [1.807, 2.05) is 60.7 Å². The summed E-state index contributed by atoms with van der Waals surface area (Å²) in [4.78, 5) is 16.4. The fraction of sp³-hybridized carbons (Fsp3) is 0.100. The lowest BCUT2D eigenvalue weighted by Gasteiger charge is -2.02. The molecule has 2 aromatic carbocycles. The van der Waals surface area contributed by atoms with Crippen LogP contribution in [-0.2, 0) is 16.0 Å². The minimum Gasteiger partial charge on any atom is -0.469 e. The molecule has 3 heterocycles. The van der Waals surface area contributed by atoms with E-state index in [0.717, 1.165) is 11.3 Å². The highest BCUT2D eigenvalue weighted by Crippen LogP contribution is 2.23. The van der Waals surface area contributed by atoms with Crippen LogP contribution in [-0.4, -0.2) is 47.7 Å². The molecule has 0 bridgehead atoms. The number of fused-ring (bicyclic) bond motifs is 3. The number of para-hydroxylation sites is 1. The van der Waals surface area contributed by atoms with E-state index in [0.29, 0.717) is 28.5 Å². The number of carbonyl (C=O) groups is 1. The number of rotatable bonds is 4. The first-order valence-electron chi connectivity index (χ1n) is 8.93. The van der Waals surface area contributed by atoms with Crippen LogP contribution in [0.3, 0.4) is 0 Å². The molecule has 0 amide bonds. The van der Waals surface area contributed by atoms with Gasteiger partial charge in [-0.3, -0.25) is 4.79 Å². The molecule has 0 saturated carbocycles. The molecule has 0 N–H and O–H groups in total. The number of hydrogen-bond donors (Lipinski definition) is 0. The first-order valence-corrected chi connectivity index (χ1v) is 8.93. The Morgan fingerprint density at radius 3 is 2.41 bits per heavy atom. The maximum Gasteiger partial charge on any atom is 0.311 e. The summed E-state index contributed by atoms with van der Waals surface area (Å²) in [6.45, 7) is 0. The molecule has 0 unspecified atom stereocenters. The van der Waals surface area contributed by atoms with Crippen LogP contribution in [0.25, 0.3) is 34.0 Å². The molecule has 0 atom stereocenters. The van der Waals surface area contributed by atoms with Gasteiger partial charge in [-0.15, -0.1) is 15.3 Å². The van der Waals surface area contributed by atoms with Crippen LogP contribution in [0, 0.1) is 0 Å².